The van der Waals surface area contributed by atoms with Crippen molar-refractivity contribution in [3.63, 3.8) is 0 Å². The maximum Gasteiger partial charge on any atom is 0.264 e. The van der Waals surface area contributed by atoms with E-state index in [0.717, 1.165) is 39.0 Å². The zero-order valence-electron chi connectivity index (χ0n) is 18.9. The Balaban J connectivity index is 1.36. The Bertz CT molecular complexity index is 1470. The molecule has 178 valence electrons. The third-order valence-corrected chi connectivity index (χ3v) is 7.51. The Labute approximate surface area is 213 Å². The molecule has 0 bridgehead atoms. The molecular formula is C27H24BrN3O3S. The van der Waals surface area contributed by atoms with Gasteiger partial charge in [-0.15, -0.1) is 0 Å². The molecule has 8 heteroatoms. The number of nitrogens with zero attached hydrogens (tertiary/aromatic N) is 2. The van der Waals surface area contributed by atoms with Crippen molar-refractivity contribution < 1.29 is 13.0 Å². The number of rotatable bonds is 7. The van der Waals surface area contributed by atoms with Crippen LogP contribution in [0, 0.1) is 0 Å². The lowest BCUT2D eigenvalue weighted by molar-refractivity contribution is 0.481. The van der Waals surface area contributed by atoms with Crippen molar-refractivity contribution in [2.24, 2.45) is 0 Å². The van der Waals surface area contributed by atoms with E-state index >= 15 is 0 Å². The van der Waals surface area contributed by atoms with E-state index < -0.39 is 10.1 Å². The molecule has 0 spiro atoms. The SMILES string of the molecule is O=S(=O)(O)CCCc1ccc(Nc2ncc3c(n2)-c2ccccc2C(c2cccc(Br)c2)C3)cc1. The number of aryl methyl sites for hydroxylation is 1. The van der Waals surface area contributed by atoms with Gasteiger partial charge in [-0.3, -0.25) is 4.55 Å². The molecule has 1 aromatic heterocycles. The molecule has 4 aromatic rings. The van der Waals surface area contributed by atoms with Gasteiger partial charge in [-0.1, -0.05) is 64.5 Å². The van der Waals surface area contributed by atoms with Gasteiger partial charge >= 0.3 is 0 Å². The van der Waals surface area contributed by atoms with Gasteiger partial charge in [0.1, 0.15) is 0 Å². The van der Waals surface area contributed by atoms with Gasteiger partial charge in [0.15, 0.2) is 0 Å². The topological polar surface area (TPSA) is 92.2 Å². The number of nitrogens with one attached hydrogen (secondary N) is 1. The molecule has 1 heterocycles. The number of anilines is 2. The highest BCUT2D eigenvalue weighted by Crippen LogP contribution is 2.42. The van der Waals surface area contributed by atoms with Crippen LogP contribution >= 0.6 is 15.9 Å². The van der Waals surface area contributed by atoms with Gasteiger partial charge in [0.25, 0.3) is 10.1 Å². The van der Waals surface area contributed by atoms with E-state index in [1.165, 1.54) is 11.1 Å². The number of hydrogen-bond donors (Lipinski definition) is 2. The maximum atomic E-state index is 10.9. The Morgan fingerprint density at radius 3 is 2.60 bits per heavy atom. The molecule has 1 aliphatic carbocycles. The van der Waals surface area contributed by atoms with Crippen molar-refractivity contribution in [1.29, 1.82) is 0 Å². The summed E-state index contributed by atoms with van der Waals surface area (Å²) in [6.45, 7) is 0. The lowest BCUT2D eigenvalue weighted by Gasteiger charge is -2.27. The molecule has 5 rings (SSSR count). The molecule has 0 amide bonds. The van der Waals surface area contributed by atoms with Crippen molar-refractivity contribution in [1.82, 2.24) is 9.97 Å². The lowest BCUT2D eigenvalue weighted by Crippen LogP contribution is -2.15. The fourth-order valence-corrected chi connectivity index (χ4v) is 5.49. The normalized spacial score (nSPS) is 14.7. The van der Waals surface area contributed by atoms with Crippen molar-refractivity contribution in [3.05, 3.63) is 106 Å². The number of hydrogen-bond acceptors (Lipinski definition) is 5. The molecule has 1 aliphatic rings. The van der Waals surface area contributed by atoms with Crippen LogP contribution < -0.4 is 5.32 Å². The van der Waals surface area contributed by atoms with Crippen molar-refractivity contribution >= 4 is 37.7 Å². The second-order valence-electron chi connectivity index (χ2n) is 8.68. The van der Waals surface area contributed by atoms with Crippen LogP contribution in [0.4, 0.5) is 11.6 Å². The largest absolute Gasteiger partial charge is 0.324 e. The maximum absolute atomic E-state index is 10.9. The van der Waals surface area contributed by atoms with Gasteiger partial charge in [0.2, 0.25) is 5.95 Å². The Hall–Kier alpha value is -3.07. The van der Waals surface area contributed by atoms with E-state index in [0.29, 0.717) is 18.8 Å². The van der Waals surface area contributed by atoms with Crippen LogP contribution in [0.5, 0.6) is 0 Å². The molecule has 0 saturated carbocycles. The summed E-state index contributed by atoms with van der Waals surface area (Å²) < 4.78 is 31.7. The Morgan fingerprint density at radius 1 is 1.03 bits per heavy atom. The number of aromatic nitrogens is 2. The highest BCUT2D eigenvalue weighted by Gasteiger charge is 2.27. The quantitative estimate of drug-likeness (QED) is 0.268. The summed E-state index contributed by atoms with van der Waals surface area (Å²) in [7, 11) is -3.92. The van der Waals surface area contributed by atoms with Gasteiger partial charge < -0.3 is 5.32 Å². The van der Waals surface area contributed by atoms with Crippen LogP contribution in [0.15, 0.2) is 83.5 Å². The van der Waals surface area contributed by atoms with E-state index in [1.807, 2.05) is 42.6 Å². The van der Waals surface area contributed by atoms with Crippen LogP contribution in [-0.4, -0.2) is 28.7 Å². The van der Waals surface area contributed by atoms with E-state index in [-0.39, 0.29) is 11.7 Å². The van der Waals surface area contributed by atoms with Crippen LogP contribution in [0.25, 0.3) is 11.3 Å². The summed E-state index contributed by atoms with van der Waals surface area (Å²) in [5.74, 6) is 0.533. The summed E-state index contributed by atoms with van der Waals surface area (Å²) in [4.78, 5) is 9.45. The Kier molecular flexibility index (Phi) is 6.69. The van der Waals surface area contributed by atoms with Crippen LogP contribution in [0.2, 0.25) is 0 Å². The minimum absolute atomic E-state index is 0.236. The van der Waals surface area contributed by atoms with Gasteiger partial charge in [0.05, 0.1) is 11.4 Å². The van der Waals surface area contributed by atoms with Crippen LogP contribution in [-0.2, 0) is 23.0 Å². The second-order valence-corrected chi connectivity index (χ2v) is 11.2. The summed E-state index contributed by atoms with van der Waals surface area (Å²) in [5, 5.41) is 3.28. The van der Waals surface area contributed by atoms with Gasteiger partial charge in [-0.2, -0.15) is 8.42 Å². The Morgan fingerprint density at radius 2 is 1.83 bits per heavy atom. The second kappa shape index (κ2) is 9.89. The van der Waals surface area contributed by atoms with E-state index in [9.17, 15) is 8.42 Å². The third-order valence-electron chi connectivity index (χ3n) is 6.21. The monoisotopic (exact) mass is 549 g/mol. The van der Waals surface area contributed by atoms with Gasteiger partial charge in [0, 0.05) is 27.8 Å². The molecule has 2 N–H and O–H groups in total. The van der Waals surface area contributed by atoms with Crippen molar-refractivity contribution in [3.8, 4) is 11.3 Å². The van der Waals surface area contributed by atoms with Crippen LogP contribution in [0.3, 0.4) is 0 Å². The summed E-state index contributed by atoms with van der Waals surface area (Å²) >= 11 is 3.60. The molecular weight excluding hydrogens is 526 g/mol. The number of halogens is 1. The highest BCUT2D eigenvalue weighted by molar-refractivity contribution is 9.10. The molecule has 3 aromatic carbocycles. The first-order valence-corrected chi connectivity index (χ1v) is 13.8. The molecule has 1 atom stereocenters. The molecule has 35 heavy (non-hydrogen) atoms. The summed E-state index contributed by atoms with van der Waals surface area (Å²) in [5.41, 5.74) is 7.56. The van der Waals surface area contributed by atoms with E-state index in [1.54, 1.807) is 0 Å². The third kappa shape index (κ3) is 5.61. The predicted octanol–water partition coefficient (Wildman–Crippen LogP) is 6.16. The van der Waals surface area contributed by atoms with E-state index in [2.05, 4.69) is 62.6 Å². The average molecular weight is 550 g/mol. The molecule has 0 radical (unpaired) electrons. The average Bonchev–Trinajstić information content (AvgIpc) is 2.84. The number of fused-ring (bicyclic) bond motifs is 3. The summed E-state index contributed by atoms with van der Waals surface area (Å²) in [6, 6.07) is 24.6. The predicted molar refractivity (Wildman–Crippen MR) is 142 cm³/mol. The van der Waals surface area contributed by atoms with Gasteiger partial charge in [-0.05, 0) is 65.8 Å². The number of benzene rings is 3. The standard InChI is InChI=1S/C27H24BrN3O3S/c28-21-7-3-6-19(15-21)25-16-20-17-29-27(31-26(20)24-9-2-1-8-23(24)25)30-22-12-10-18(11-13-22)5-4-14-35(32,33)34/h1-3,6-13,15,17,25H,4-5,14,16H2,(H,29,30,31)(H,32,33,34). The molecule has 0 saturated heterocycles. The van der Waals surface area contributed by atoms with Crippen molar-refractivity contribution in [2.75, 3.05) is 11.1 Å². The highest BCUT2D eigenvalue weighted by atomic mass is 79.9. The fourth-order valence-electron chi connectivity index (χ4n) is 4.56. The van der Waals surface area contributed by atoms with Crippen LogP contribution in [0.1, 0.15) is 34.6 Å². The minimum atomic E-state index is -3.92. The molecule has 0 aliphatic heterocycles. The first kappa shape index (κ1) is 23.7. The summed E-state index contributed by atoms with van der Waals surface area (Å²) in [6.07, 6.45) is 3.70. The first-order chi connectivity index (χ1) is 16.9. The fraction of sp³-hybridized carbons (Fsp3) is 0.185. The first-order valence-electron chi connectivity index (χ1n) is 11.4. The van der Waals surface area contributed by atoms with Crippen molar-refractivity contribution in [2.45, 2.75) is 25.2 Å². The van der Waals surface area contributed by atoms with Gasteiger partial charge in [-0.25, -0.2) is 9.97 Å². The molecule has 6 nitrogen and oxygen atoms in total. The van der Waals surface area contributed by atoms with E-state index in [4.69, 9.17) is 9.54 Å². The zero-order chi connectivity index (χ0) is 24.4. The zero-order valence-corrected chi connectivity index (χ0v) is 21.3. The molecule has 0 fully saturated rings. The smallest absolute Gasteiger partial charge is 0.264 e. The lowest BCUT2D eigenvalue weighted by atomic mass is 9.78. The molecule has 1 unspecified atom stereocenters. The minimum Gasteiger partial charge on any atom is -0.324 e.